The molecular weight excluding hydrogens is 623 g/mol. The van der Waals surface area contributed by atoms with Crippen LogP contribution in [0, 0.1) is 5.82 Å². The summed E-state index contributed by atoms with van der Waals surface area (Å²) in [6, 6.07) is 7.53. The minimum absolute atomic E-state index is 0.0865. The van der Waals surface area contributed by atoms with Crippen LogP contribution in [-0.2, 0) is 26.6 Å². The monoisotopic (exact) mass is 651 g/mol. The number of anilines is 1. The van der Waals surface area contributed by atoms with Gasteiger partial charge in [-0.3, -0.25) is 14.3 Å². The molecule has 5 rings (SSSR count). The SMILES string of the molecule is CN(c1ncc2cc(C(F)F)c(=O)n(Cc3ccc(-c4cccc(S(N)(=O)=O)c4F)nc3)c2n1)C1CCN(S(C)(=O)=O)CC1. The van der Waals surface area contributed by atoms with Crippen molar-refractivity contribution in [2.24, 2.45) is 5.14 Å². The minimum Gasteiger partial charge on any atom is -0.341 e. The van der Waals surface area contributed by atoms with E-state index in [0.717, 1.165) is 23.0 Å². The minimum atomic E-state index is -4.32. The fourth-order valence-corrected chi connectivity index (χ4v) is 6.66. The Bertz CT molecular complexity index is 2000. The van der Waals surface area contributed by atoms with Gasteiger partial charge in [-0.05, 0) is 42.7 Å². The molecule has 4 aromatic rings. The first-order chi connectivity index (χ1) is 20.6. The van der Waals surface area contributed by atoms with Crippen LogP contribution in [-0.4, -0.2) is 73.1 Å². The highest BCUT2D eigenvalue weighted by atomic mass is 32.2. The number of benzene rings is 1. The van der Waals surface area contributed by atoms with Crippen molar-refractivity contribution in [1.82, 2.24) is 23.8 Å². The maximum atomic E-state index is 14.9. The normalized spacial score (nSPS) is 15.2. The van der Waals surface area contributed by atoms with Crippen molar-refractivity contribution in [3.63, 3.8) is 0 Å². The summed E-state index contributed by atoms with van der Waals surface area (Å²) in [7, 11) is -5.90. The number of nitrogens with zero attached hydrogens (tertiary/aromatic N) is 6. The largest absolute Gasteiger partial charge is 0.341 e. The summed E-state index contributed by atoms with van der Waals surface area (Å²) in [5.41, 5.74) is -1.23. The first kappa shape index (κ1) is 31.5. The number of rotatable bonds is 8. The maximum absolute atomic E-state index is 14.9. The number of sulfonamides is 2. The van der Waals surface area contributed by atoms with Gasteiger partial charge in [0.2, 0.25) is 26.0 Å². The highest BCUT2D eigenvalue weighted by Gasteiger charge is 2.29. The average molecular weight is 652 g/mol. The molecule has 0 atom stereocenters. The van der Waals surface area contributed by atoms with Crippen molar-refractivity contribution in [1.29, 1.82) is 0 Å². The van der Waals surface area contributed by atoms with E-state index in [1.54, 1.807) is 11.9 Å². The molecule has 0 aliphatic carbocycles. The smallest absolute Gasteiger partial charge is 0.269 e. The number of halogens is 3. The second kappa shape index (κ2) is 11.9. The number of pyridine rings is 2. The van der Waals surface area contributed by atoms with Crippen molar-refractivity contribution in [2.45, 2.75) is 36.7 Å². The summed E-state index contributed by atoms with van der Waals surface area (Å²) in [6.45, 7) is 0.433. The number of primary sulfonamides is 1. The zero-order valence-electron chi connectivity index (χ0n) is 23.6. The number of nitrogens with two attached hydrogens (primary N) is 1. The Morgan fingerprint density at radius 3 is 2.36 bits per heavy atom. The van der Waals surface area contributed by atoms with Crippen LogP contribution in [0.25, 0.3) is 22.3 Å². The lowest BCUT2D eigenvalue weighted by molar-refractivity contribution is 0.149. The quantitative estimate of drug-likeness (QED) is 0.302. The van der Waals surface area contributed by atoms with E-state index in [4.69, 9.17) is 5.14 Å². The Morgan fingerprint density at radius 1 is 1.07 bits per heavy atom. The summed E-state index contributed by atoms with van der Waals surface area (Å²) < 4.78 is 92.2. The van der Waals surface area contributed by atoms with Gasteiger partial charge in [0.05, 0.1) is 24.1 Å². The van der Waals surface area contributed by atoms with Gasteiger partial charge in [0.1, 0.15) is 10.5 Å². The van der Waals surface area contributed by atoms with Crippen molar-refractivity contribution in [3.8, 4) is 11.3 Å². The highest BCUT2D eigenvalue weighted by molar-refractivity contribution is 7.89. The van der Waals surface area contributed by atoms with Crippen LogP contribution >= 0.6 is 0 Å². The molecule has 44 heavy (non-hydrogen) atoms. The molecular formula is C27H28F3N7O5S2. The molecule has 1 fully saturated rings. The highest BCUT2D eigenvalue weighted by Crippen LogP contribution is 2.27. The third kappa shape index (κ3) is 6.31. The summed E-state index contributed by atoms with van der Waals surface area (Å²) in [5, 5.41) is 5.29. The lowest BCUT2D eigenvalue weighted by Crippen LogP contribution is -2.45. The molecule has 0 radical (unpaired) electrons. The number of hydrogen-bond donors (Lipinski definition) is 1. The van der Waals surface area contributed by atoms with Crippen molar-refractivity contribution in [2.75, 3.05) is 31.3 Å². The topological polar surface area (TPSA) is 161 Å². The van der Waals surface area contributed by atoms with E-state index in [1.165, 1.54) is 41.0 Å². The molecule has 0 spiro atoms. The van der Waals surface area contributed by atoms with E-state index in [9.17, 15) is 34.8 Å². The standard InChI is InChI=1S/C27H28F3N7O5S2/c1-35(18-8-10-36(11-9-18)43(2,39)40)27-33-14-17-12-20(24(29)30)26(38)37(25(17)34-27)15-16-6-7-21(32-13-16)19-4-3-5-22(23(19)28)44(31,41)42/h3-7,12-14,18,24H,8-11,15H2,1-2H3,(H2,31,41,42). The number of alkyl halides is 2. The van der Waals surface area contributed by atoms with Crippen LogP contribution in [0.4, 0.5) is 19.1 Å². The van der Waals surface area contributed by atoms with Crippen molar-refractivity contribution in [3.05, 3.63) is 76.1 Å². The number of hydrogen-bond acceptors (Lipinski definition) is 9. The lowest BCUT2D eigenvalue weighted by Gasteiger charge is -2.35. The van der Waals surface area contributed by atoms with Crippen LogP contribution in [0.5, 0.6) is 0 Å². The van der Waals surface area contributed by atoms with Gasteiger partial charge in [0.15, 0.2) is 5.82 Å². The van der Waals surface area contributed by atoms with Crippen LogP contribution in [0.3, 0.4) is 0 Å². The molecule has 4 heterocycles. The Kier molecular flexibility index (Phi) is 8.50. The van der Waals surface area contributed by atoms with E-state index in [1.807, 2.05) is 0 Å². The molecule has 0 unspecified atom stereocenters. The second-order valence-corrected chi connectivity index (χ2v) is 14.0. The molecule has 0 saturated carbocycles. The molecule has 12 nitrogen and oxygen atoms in total. The maximum Gasteiger partial charge on any atom is 0.269 e. The van der Waals surface area contributed by atoms with E-state index >= 15 is 0 Å². The second-order valence-electron chi connectivity index (χ2n) is 10.5. The Labute approximate surface area is 251 Å². The van der Waals surface area contributed by atoms with Gasteiger partial charge < -0.3 is 4.90 Å². The van der Waals surface area contributed by atoms with Gasteiger partial charge in [0.25, 0.3) is 12.0 Å². The van der Waals surface area contributed by atoms with Crippen LogP contribution in [0.15, 0.2) is 58.5 Å². The average Bonchev–Trinajstić information content (AvgIpc) is 2.97. The third-order valence-electron chi connectivity index (χ3n) is 7.54. The van der Waals surface area contributed by atoms with Gasteiger partial charge in [-0.1, -0.05) is 12.1 Å². The lowest BCUT2D eigenvalue weighted by atomic mass is 10.1. The number of fused-ring (bicyclic) bond motifs is 1. The Morgan fingerprint density at radius 2 is 1.77 bits per heavy atom. The molecule has 0 amide bonds. The van der Waals surface area contributed by atoms with Gasteiger partial charge >= 0.3 is 0 Å². The first-order valence-corrected chi connectivity index (χ1v) is 16.7. The van der Waals surface area contributed by atoms with E-state index in [2.05, 4.69) is 15.0 Å². The molecule has 1 saturated heterocycles. The summed E-state index contributed by atoms with van der Waals surface area (Å²) >= 11 is 0. The Hall–Kier alpha value is -3.93. The van der Waals surface area contributed by atoms with Crippen molar-refractivity contribution >= 4 is 37.0 Å². The summed E-state index contributed by atoms with van der Waals surface area (Å²) in [5.74, 6) is -0.843. The third-order valence-corrected chi connectivity index (χ3v) is 9.78. The van der Waals surface area contributed by atoms with Gasteiger partial charge in [-0.2, -0.15) is 4.98 Å². The van der Waals surface area contributed by atoms with Gasteiger partial charge in [-0.15, -0.1) is 0 Å². The predicted octanol–water partition coefficient (Wildman–Crippen LogP) is 2.49. The van der Waals surface area contributed by atoms with Crippen molar-refractivity contribution < 1.29 is 30.0 Å². The van der Waals surface area contributed by atoms with E-state index < -0.39 is 48.3 Å². The zero-order chi connectivity index (χ0) is 32.0. The molecule has 1 aliphatic heterocycles. The zero-order valence-corrected chi connectivity index (χ0v) is 25.2. The molecule has 234 valence electrons. The van der Waals surface area contributed by atoms with E-state index in [-0.39, 0.29) is 40.8 Å². The molecule has 17 heteroatoms. The van der Waals surface area contributed by atoms with Gasteiger partial charge in [0, 0.05) is 49.5 Å². The Balaban J connectivity index is 1.49. The number of piperidine rings is 1. The summed E-state index contributed by atoms with van der Waals surface area (Å²) in [4.78, 5) is 27.4. The fourth-order valence-electron chi connectivity index (χ4n) is 5.16. The predicted molar refractivity (Wildman–Crippen MR) is 157 cm³/mol. The van der Waals surface area contributed by atoms with Crippen LogP contribution in [0.1, 0.15) is 30.4 Å². The van der Waals surface area contributed by atoms with Crippen LogP contribution in [0.2, 0.25) is 0 Å². The summed E-state index contributed by atoms with van der Waals surface area (Å²) in [6.07, 6.45) is 1.79. The van der Waals surface area contributed by atoms with Gasteiger partial charge in [-0.25, -0.2) is 44.4 Å². The molecule has 2 N–H and O–H groups in total. The molecule has 1 aromatic carbocycles. The fraction of sp³-hybridized carbons (Fsp3) is 0.333. The van der Waals surface area contributed by atoms with Crippen LogP contribution < -0.4 is 15.6 Å². The van der Waals surface area contributed by atoms with E-state index in [0.29, 0.717) is 31.5 Å². The molecule has 3 aromatic heterocycles. The first-order valence-electron chi connectivity index (χ1n) is 13.3. The molecule has 0 bridgehead atoms. The number of aromatic nitrogens is 4. The molecule has 1 aliphatic rings.